The Morgan fingerprint density at radius 1 is 1.20 bits per heavy atom. The molecular weight excluding hydrogens is 252 g/mol. The molecule has 1 aromatic carbocycles. The molecule has 0 aliphatic heterocycles. The molecular formula is C9H7ClF4S. The third-order valence-electron chi connectivity index (χ3n) is 1.56. The van der Waals surface area contributed by atoms with Crippen LogP contribution < -0.4 is 0 Å². The maximum absolute atomic E-state index is 12.5. The van der Waals surface area contributed by atoms with Crippen molar-refractivity contribution in [1.82, 2.24) is 0 Å². The Labute approximate surface area is 93.6 Å². The highest BCUT2D eigenvalue weighted by molar-refractivity contribution is 7.99. The van der Waals surface area contributed by atoms with Gasteiger partial charge in [0.25, 0.3) is 0 Å². The van der Waals surface area contributed by atoms with Crippen LogP contribution in [0.4, 0.5) is 17.6 Å². The molecule has 1 aromatic rings. The number of halogens is 5. The van der Waals surface area contributed by atoms with Crippen molar-refractivity contribution in [2.45, 2.75) is 17.2 Å². The first kappa shape index (κ1) is 12.6. The van der Waals surface area contributed by atoms with E-state index in [2.05, 4.69) is 0 Å². The third-order valence-corrected chi connectivity index (χ3v) is 2.95. The summed E-state index contributed by atoms with van der Waals surface area (Å²) in [4.78, 5) is 0.486. The average molecular weight is 259 g/mol. The average Bonchev–Trinajstić information content (AvgIpc) is 2.17. The van der Waals surface area contributed by atoms with E-state index >= 15 is 0 Å². The molecule has 0 aliphatic rings. The molecule has 0 spiro atoms. The molecule has 0 fully saturated rings. The van der Waals surface area contributed by atoms with Crippen LogP contribution in [-0.4, -0.2) is 18.1 Å². The zero-order chi connectivity index (χ0) is 11.5. The standard InChI is InChI=1S/C9H7ClF4S/c10-6-1-3-7(4-2-6)15-5-9(13,14)8(11)12/h1-4,8H,5H2. The van der Waals surface area contributed by atoms with Gasteiger partial charge in [-0.2, -0.15) is 8.78 Å². The van der Waals surface area contributed by atoms with E-state index < -0.39 is 18.1 Å². The third kappa shape index (κ3) is 3.91. The van der Waals surface area contributed by atoms with Crippen LogP contribution in [0, 0.1) is 0 Å². The second-order valence-electron chi connectivity index (χ2n) is 2.80. The molecule has 84 valence electrons. The summed E-state index contributed by atoms with van der Waals surface area (Å²) >= 11 is 6.25. The molecule has 0 atom stereocenters. The van der Waals surface area contributed by atoms with Gasteiger partial charge in [0.1, 0.15) is 0 Å². The van der Waals surface area contributed by atoms with Crippen LogP contribution in [0.15, 0.2) is 29.2 Å². The maximum Gasteiger partial charge on any atom is 0.316 e. The highest BCUT2D eigenvalue weighted by atomic mass is 35.5. The molecule has 0 nitrogen and oxygen atoms in total. The van der Waals surface area contributed by atoms with Gasteiger partial charge >= 0.3 is 12.3 Å². The van der Waals surface area contributed by atoms with Gasteiger partial charge in [-0.15, -0.1) is 11.8 Å². The number of hydrogen-bond acceptors (Lipinski definition) is 1. The van der Waals surface area contributed by atoms with Gasteiger partial charge < -0.3 is 0 Å². The summed E-state index contributed by atoms with van der Waals surface area (Å²) in [5.74, 6) is -4.89. The molecule has 0 aromatic heterocycles. The highest BCUT2D eigenvalue weighted by Gasteiger charge is 2.40. The molecule has 0 heterocycles. The van der Waals surface area contributed by atoms with Crippen LogP contribution in [0.1, 0.15) is 0 Å². The number of thioether (sulfide) groups is 1. The van der Waals surface area contributed by atoms with Crippen molar-refractivity contribution >= 4 is 23.4 Å². The van der Waals surface area contributed by atoms with Crippen molar-refractivity contribution in [3.63, 3.8) is 0 Å². The van der Waals surface area contributed by atoms with Crippen LogP contribution in [0.3, 0.4) is 0 Å². The van der Waals surface area contributed by atoms with Gasteiger partial charge in [0.15, 0.2) is 0 Å². The molecule has 0 N–H and O–H groups in total. The summed E-state index contributed by atoms with van der Waals surface area (Å²) in [5.41, 5.74) is 0. The number of rotatable bonds is 4. The molecule has 0 amide bonds. The van der Waals surface area contributed by atoms with Crippen LogP contribution in [0.5, 0.6) is 0 Å². The van der Waals surface area contributed by atoms with E-state index in [9.17, 15) is 17.6 Å². The molecule has 15 heavy (non-hydrogen) atoms. The zero-order valence-electron chi connectivity index (χ0n) is 7.39. The number of alkyl halides is 4. The molecule has 0 aliphatic carbocycles. The van der Waals surface area contributed by atoms with E-state index in [1.54, 1.807) is 0 Å². The van der Waals surface area contributed by atoms with Gasteiger partial charge in [0, 0.05) is 9.92 Å². The van der Waals surface area contributed by atoms with Crippen molar-refractivity contribution < 1.29 is 17.6 Å². The number of hydrogen-bond donors (Lipinski definition) is 0. The largest absolute Gasteiger partial charge is 0.316 e. The van der Waals surface area contributed by atoms with E-state index in [0.717, 1.165) is 0 Å². The lowest BCUT2D eigenvalue weighted by molar-refractivity contribution is -0.109. The summed E-state index contributed by atoms with van der Waals surface area (Å²) in [7, 11) is 0. The first-order chi connectivity index (χ1) is 6.92. The first-order valence-corrected chi connectivity index (χ1v) is 5.32. The van der Waals surface area contributed by atoms with Gasteiger partial charge in [-0.25, -0.2) is 8.78 Å². The van der Waals surface area contributed by atoms with Crippen molar-refractivity contribution in [3.05, 3.63) is 29.3 Å². The smallest absolute Gasteiger partial charge is 0.204 e. The molecule has 0 radical (unpaired) electrons. The van der Waals surface area contributed by atoms with E-state index in [-0.39, 0.29) is 0 Å². The van der Waals surface area contributed by atoms with Crippen molar-refractivity contribution in [1.29, 1.82) is 0 Å². The Bertz CT molecular complexity index is 312. The molecule has 6 heteroatoms. The highest BCUT2D eigenvalue weighted by Crippen LogP contribution is 2.31. The SMILES string of the molecule is FC(F)C(F)(F)CSc1ccc(Cl)cc1. The van der Waals surface area contributed by atoms with E-state index in [1.165, 1.54) is 24.3 Å². The lowest BCUT2D eigenvalue weighted by Gasteiger charge is -2.14. The second kappa shape index (κ2) is 5.07. The topological polar surface area (TPSA) is 0 Å². The molecule has 0 saturated carbocycles. The Balaban J connectivity index is 2.54. The summed E-state index contributed by atoms with van der Waals surface area (Å²) in [6.07, 6.45) is -3.63. The lowest BCUT2D eigenvalue weighted by Crippen LogP contribution is -2.29. The van der Waals surface area contributed by atoms with Crippen LogP contribution in [-0.2, 0) is 0 Å². The predicted molar refractivity (Wildman–Crippen MR) is 53.1 cm³/mol. The van der Waals surface area contributed by atoms with Crippen molar-refractivity contribution in [3.8, 4) is 0 Å². The Morgan fingerprint density at radius 3 is 2.20 bits per heavy atom. The van der Waals surface area contributed by atoms with E-state index in [1.807, 2.05) is 0 Å². The van der Waals surface area contributed by atoms with Gasteiger partial charge in [0.05, 0.1) is 5.75 Å². The maximum atomic E-state index is 12.5. The molecule has 0 saturated heterocycles. The summed E-state index contributed by atoms with van der Waals surface area (Å²) < 4.78 is 48.6. The molecule has 0 bridgehead atoms. The van der Waals surface area contributed by atoms with Crippen molar-refractivity contribution in [2.75, 3.05) is 5.75 Å². The summed E-state index contributed by atoms with van der Waals surface area (Å²) in [6.45, 7) is 0. The quantitative estimate of drug-likeness (QED) is 0.572. The first-order valence-electron chi connectivity index (χ1n) is 3.96. The van der Waals surface area contributed by atoms with Gasteiger partial charge in [-0.05, 0) is 24.3 Å². The Kier molecular flexibility index (Phi) is 4.28. The fourth-order valence-corrected chi connectivity index (χ4v) is 1.71. The summed E-state index contributed by atoms with van der Waals surface area (Å²) in [5, 5.41) is 0.472. The van der Waals surface area contributed by atoms with Crippen LogP contribution in [0.25, 0.3) is 0 Å². The Hall–Kier alpha value is -0.420. The second-order valence-corrected chi connectivity index (χ2v) is 4.29. The fourth-order valence-electron chi connectivity index (χ4n) is 0.773. The minimum Gasteiger partial charge on any atom is -0.204 e. The fraction of sp³-hybridized carbons (Fsp3) is 0.333. The van der Waals surface area contributed by atoms with E-state index in [4.69, 9.17) is 11.6 Å². The minimum atomic E-state index is -3.95. The normalized spacial score (nSPS) is 12.1. The molecule has 0 unspecified atom stereocenters. The Morgan fingerprint density at radius 2 is 1.73 bits per heavy atom. The summed E-state index contributed by atoms with van der Waals surface area (Å²) in [6, 6.07) is 6.05. The minimum absolute atomic E-state index is 0.472. The van der Waals surface area contributed by atoms with Crippen LogP contribution >= 0.6 is 23.4 Å². The number of benzene rings is 1. The van der Waals surface area contributed by atoms with Gasteiger partial charge in [-0.1, -0.05) is 11.6 Å². The van der Waals surface area contributed by atoms with Gasteiger partial charge in [0.2, 0.25) is 0 Å². The van der Waals surface area contributed by atoms with E-state index in [0.29, 0.717) is 21.7 Å². The van der Waals surface area contributed by atoms with Gasteiger partial charge in [-0.3, -0.25) is 0 Å². The molecule has 1 rings (SSSR count). The lowest BCUT2D eigenvalue weighted by atomic mass is 10.4. The monoisotopic (exact) mass is 258 g/mol. The zero-order valence-corrected chi connectivity index (χ0v) is 8.96. The van der Waals surface area contributed by atoms with Crippen LogP contribution in [0.2, 0.25) is 5.02 Å². The predicted octanol–water partition coefficient (Wildman–Crippen LogP) is 4.33. The van der Waals surface area contributed by atoms with Crippen molar-refractivity contribution in [2.24, 2.45) is 0 Å².